The summed E-state index contributed by atoms with van der Waals surface area (Å²) in [6.45, 7) is 1.54. The zero-order valence-corrected chi connectivity index (χ0v) is 10.2. The molecule has 90 valence electrons. The lowest BCUT2D eigenvalue weighted by Crippen LogP contribution is -2.37. The molecule has 1 aliphatic heterocycles. The van der Waals surface area contributed by atoms with Crippen LogP contribution in [0.4, 0.5) is 5.13 Å². The van der Waals surface area contributed by atoms with Crippen molar-refractivity contribution in [2.45, 2.75) is 12.0 Å². The fraction of sp³-hybridized carbons (Fsp3) is 0.417. The van der Waals surface area contributed by atoms with Crippen molar-refractivity contribution in [1.82, 2.24) is 4.98 Å². The van der Waals surface area contributed by atoms with Gasteiger partial charge in [0.05, 0.1) is 16.8 Å². The van der Waals surface area contributed by atoms with Gasteiger partial charge in [-0.05, 0) is 12.1 Å². The van der Waals surface area contributed by atoms with E-state index in [-0.39, 0.29) is 0 Å². The Labute approximate surface area is 103 Å². The summed E-state index contributed by atoms with van der Waals surface area (Å²) in [5.74, 6) is 0. The van der Waals surface area contributed by atoms with E-state index in [0.717, 1.165) is 15.3 Å². The molecule has 0 spiro atoms. The van der Waals surface area contributed by atoms with Crippen molar-refractivity contribution < 1.29 is 9.84 Å². The van der Waals surface area contributed by atoms with Gasteiger partial charge in [0.15, 0.2) is 5.13 Å². The standard InChI is InChI=1S/C12H14N2O2S/c15-12(5-6-16-8-12)7-13-11-14-9-3-1-2-4-10(9)17-11/h1-4,15H,5-8H2,(H,13,14). The van der Waals surface area contributed by atoms with Crippen LogP contribution >= 0.6 is 11.3 Å². The van der Waals surface area contributed by atoms with Gasteiger partial charge in [0.1, 0.15) is 5.60 Å². The van der Waals surface area contributed by atoms with E-state index in [1.165, 1.54) is 0 Å². The molecule has 0 amide bonds. The molecule has 0 radical (unpaired) electrons. The summed E-state index contributed by atoms with van der Waals surface area (Å²) < 4.78 is 6.36. The molecule has 2 aromatic rings. The molecule has 1 atom stereocenters. The second kappa shape index (κ2) is 4.25. The summed E-state index contributed by atoms with van der Waals surface area (Å²) in [6.07, 6.45) is 0.685. The van der Waals surface area contributed by atoms with E-state index in [1.54, 1.807) is 11.3 Å². The molecule has 3 rings (SSSR count). The molecule has 0 bridgehead atoms. The van der Waals surface area contributed by atoms with Crippen LogP contribution in [0.2, 0.25) is 0 Å². The molecule has 0 aliphatic carbocycles. The molecule has 17 heavy (non-hydrogen) atoms. The van der Waals surface area contributed by atoms with Crippen LogP contribution in [0.3, 0.4) is 0 Å². The molecule has 1 aromatic heterocycles. The average molecular weight is 250 g/mol. The van der Waals surface area contributed by atoms with Gasteiger partial charge in [-0.25, -0.2) is 4.98 Å². The summed E-state index contributed by atoms with van der Waals surface area (Å²) in [7, 11) is 0. The molecule has 4 nitrogen and oxygen atoms in total. The first kappa shape index (κ1) is 11.0. The fourth-order valence-corrected chi connectivity index (χ4v) is 2.79. The predicted octanol–water partition coefficient (Wildman–Crippen LogP) is 1.86. The Bertz CT molecular complexity index is 487. The van der Waals surface area contributed by atoms with Crippen LogP contribution in [-0.4, -0.2) is 35.5 Å². The summed E-state index contributed by atoms with van der Waals surface area (Å²) in [6, 6.07) is 8.02. The third-order valence-electron chi connectivity index (χ3n) is 2.95. The van der Waals surface area contributed by atoms with Crippen molar-refractivity contribution in [2.24, 2.45) is 0 Å². The van der Waals surface area contributed by atoms with Crippen LogP contribution in [-0.2, 0) is 4.74 Å². The normalized spacial score (nSPS) is 24.3. The number of ether oxygens (including phenoxy) is 1. The van der Waals surface area contributed by atoms with Crippen LogP contribution in [0.15, 0.2) is 24.3 Å². The first-order chi connectivity index (χ1) is 8.25. The van der Waals surface area contributed by atoms with Gasteiger partial charge >= 0.3 is 0 Å². The number of aliphatic hydroxyl groups is 1. The molecule has 1 aromatic carbocycles. The number of aromatic nitrogens is 1. The van der Waals surface area contributed by atoms with E-state index in [0.29, 0.717) is 26.2 Å². The van der Waals surface area contributed by atoms with E-state index >= 15 is 0 Å². The van der Waals surface area contributed by atoms with E-state index in [2.05, 4.69) is 10.3 Å². The number of anilines is 1. The lowest BCUT2D eigenvalue weighted by atomic mass is 10.0. The highest BCUT2D eigenvalue weighted by atomic mass is 32.1. The molecule has 1 unspecified atom stereocenters. The molecular weight excluding hydrogens is 236 g/mol. The lowest BCUT2D eigenvalue weighted by molar-refractivity contribution is 0.0382. The highest BCUT2D eigenvalue weighted by molar-refractivity contribution is 7.22. The first-order valence-corrected chi connectivity index (χ1v) is 6.46. The number of hydrogen-bond donors (Lipinski definition) is 2. The summed E-state index contributed by atoms with van der Waals surface area (Å²) in [5, 5.41) is 14.2. The lowest BCUT2D eigenvalue weighted by Gasteiger charge is -2.20. The third-order valence-corrected chi connectivity index (χ3v) is 3.94. The minimum atomic E-state index is -0.738. The highest BCUT2D eigenvalue weighted by Crippen LogP contribution is 2.26. The molecule has 2 N–H and O–H groups in total. The minimum absolute atomic E-state index is 0.408. The number of benzene rings is 1. The van der Waals surface area contributed by atoms with Gasteiger partial charge in [0.25, 0.3) is 0 Å². The zero-order valence-electron chi connectivity index (χ0n) is 9.35. The van der Waals surface area contributed by atoms with Gasteiger partial charge in [-0.3, -0.25) is 0 Å². The smallest absolute Gasteiger partial charge is 0.183 e. The molecule has 1 fully saturated rings. The maximum atomic E-state index is 10.1. The molecule has 5 heteroatoms. The van der Waals surface area contributed by atoms with Crippen molar-refractivity contribution >= 4 is 26.7 Å². The highest BCUT2D eigenvalue weighted by Gasteiger charge is 2.32. The average Bonchev–Trinajstić information content (AvgIpc) is 2.93. The molecule has 1 aliphatic rings. The Morgan fingerprint density at radius 3 is 3.12 bits per heavy atom. The van der Waals surface area contributed by atoms with Gasteiger partial charge in [-0.15, -0.1) is 0 Å². The quantitative estimate of drug-likeness (QED) is 0.873. The van der Waals surface area contributed by atoms with E-state index in [4.69, 9.17) is 4.74 Å². The Balaban J connectivity index is 1.72. The topological polar surface area (TPSA) is 54.4 Å². The fourth-order valence-electron chi connectivity index (χ4n) is 1.92. The Kier molecular flexibility index (Phi) is 2.74. The van der Waals surface area contributed by atoms with Crippen molar-refractivity contribution in [3.63, 3.8) is 0 Å². The van der Waals surface area contributed by atoms with Gasteiger partial charge in [-0.2, -0.15) is 0 Å². The third kappa shape index (κ3) is 2.26. The number of nitrogens with one attached hydrogen (secondary N) is 1. The Hall–Kier alpha value is -1.17. The second-order valence-corrected chi connectivity index (χ2v) is 5.40. The number of nitrogens with zero attached hydrogens (tertiary/aromatic N) is 1. The second-order valence-electron chi connectivity index (χ2n) is 4.37. The maximum absolute atomic E-state index is 10.1. The van der Waals surface area contributed by atoms with Crippen LogP contribution in [0.1, 0.15) is 6.42 Å². The zero-order chi connectivity index (χ0) is 11.7. The van der Waals surface area contributed by atoms with E-state index < -0.39 is 5.60 Å². The largest absolute Gasteiger partial charge is 0.386 e. The van der Waals surface area contributed by atoms with Crippen LogP contribution in [0, 0.1) is 0 Å². The molecule has 0 saturated carbocycles. The number of hydrogen-bond acceptors (Lipinski definition) is 5. The minimum Gasteiger partial charge on any atom is -0.386 e. The molecule has 2 heterocycles. The number of fused-ring (bicyclic) bond motifs is 1. The first-order valence-electron chi connectivity index (χ1n) is 5.65. The monoisotopic (exact) mass is 250 g/mol. The van der Waals surface area contributed by atoms with Gasteiger partial charge < -0.3 is 15.2 Å². The summed E-state index contributed by atoms with van der Waals surface area (Å²) in [4.78, 5) is 4.46. The summed E-state index contributed by atoms with van der Waals surface area (Å²) >= 11 is 1.61. The van der Waals surface area contributed by atoms with Crippen molar-refractivity contribution in [2.75, 3.05) is 25.1 Å². The van der Waals surface area contributed by atoms with Gasteiger partial charge in [-0.1, -0.05) is 23.5 Å². The predicted molar refractivity (Wildman–Crippen MR) is 68.5 cm³/mol. The van der Waals surface area contributed by atoms with E-state index in [1.807, 2.05) is 24.3 Å². The maximum Gasteiger partial charge on any atom is 0.183 e. The van der Waals surface area contributed by atoms with Gasteiger partial charge in [0.2, 0.25) is 0 Å². The number of thiazole rings is 1. The molecule has 1 saturated heterocycles. The van der Waals surface area contributed by atoms with Crippen molar-refractivity contribution in [1.29, 1.82) is 0 Å². The number of rotatable bonds is 3. The Morgan fingerprint density at radius 1 is 1.47 bits per heavy atom. The van der Waals surface area contributed by atoms with Crippen LogP contribution in [0.5, 0.6) is 0 Å². The molecular formula is C12H14N2O2S. The number of para-hydroxylation sites is 1. The van der Waals surface area contributed by atoms with Crippen molar-refractivity contribution in [3.05, 3.63) is 24.3 Å². The SMILES string of the molecule is OC1(CNc2nc3ccccc3s2)CCOC1. The van der Waals surface area contributed by atoms with E-state index in [9.17, 15) is 5.11 Å². The summed E-state index contributed by atoms with van der Waals surface area (Å²) in [5.41, 5.74) is 0.257. The van der Waals surface area contributed by atoms with Crippen LogP contribution in [0.25, 0.3) is 10.2 Å². The van der Waals surface area contributed by atoms with Crippen molar-refractivity contribution in [3.8, 4) is 0 Å². The van der Waals surface area contributed by atoms with Crippen LogP contribution < -0.4 is 5.32 Å². The Morgan fingerprint density at radius 2 is 2.35 bits per heavy atom. The van der Waals surface area contributed by atoms with Gasteiger partial charge in [0, 0.05) is 19.6 Å².